The molecule has 0 nitrogen and oxygen atoms in total. The Hall–Kier alpha value is -1.99. The largest absolute Gasteiger partial charge is 0.160 e. The maximum Gasteiger partial charge on any atom is 0.160 e. The maximum absolute atomic E-state index is 2.31. The summed E-state index contributed by atoms with van der Waals surface area (Å²) >= 11 is 0. The molecule has 0 aliphatic rings. The lowest BCUT2D eigenvalue weighted by Gasteiger charge is -2.18. The van der Waals surface area contributed by atoms with Gasteiger partial charge in [0.1, 0.15) is 5.75 Å². The molecule has 0 saturated carbocycles. The van der Waals surface area contributed by atoms with Crippen molar-refractivity contribution >= 4 is 10.9 Å². The highest BCUT2D eigenvalue weighted by Crippen LogP contribution is 2.27. The highest BCUT2D eigenvalue weighted by molar-refractivity contribution is 7.97. The molecule has 1 unspecified atom stereocenters. The van der Waals surface area contributed by atoms with Gasteiger partial charge in [0.2, 0.25) is 0 Å². The van der Waals surface area contributed by atoms with Gasteiger partial charge in [0, 0.05) is 0 Å². The van der Waals surface area contributed by atoms with Crippen molar-refractivity contribution in [1.29, 1.82) is 0 Å². The van der Waals surface area contributed by atoms with Crippen LogP contribution in [-0.2, 0) is 16.3 Å². The second kappa shape index (κ2) is 9.48. The minimum atomic E-state index is 0.207. The van der Waals surface area contributed by atoms with Crippen LogP contribution in [0.25, 0.3) is 0 Å². The van der Waals surface area contributed by atoms with Gasteiger partial charge in [0.25, 0.3) is 0 Å². The number of hydrogen-bond acceptors (Lipinski definition) is 0. The monoisotopic (exact) mass is 349 g/mol. The Morgan fingerprint density at radius 2 is 1.00 bits per heavy atom. The van der Waals surface area contributed by atoms with E-state index in [0.29, 0.717) is 0 Å². The molecule has 0 saturated heterocycles. The summed E-state index contributed by atoms with van der Waals surface area (Å²) in [6, 6.07) is 32.0. The summed E-state index contributed by atoms with van der Waals surface area (Å²) in [5, 5.41) is 0. The molecule has 0 bridgehead atoms. The van der Waals surface area contributed by atoms with E-state index in [-0.39, 0.29) is 16.3 Å². The third kappa shape index (κ3) is 6.10. The van der Waals surface area contributed by atoms with E-state index in [0.717, 1.165) is 0 Å². The molecule has 1 atom stereocenters. The van der Waals surface area contributed by atoms with Crippen LogP contribution in [0.3, 0.4) is 0 Å². The van der Waals surface area contributed by atoms with Crippen molar-refractivity contribution in [3.8, 4) is 0 Å². The molecule has 0 N–H and O–H groups in total. The zero-order valence-electron chi connectivity index (χ0n) is 15.8. The topological polar surface area (TPSA) is 0 Å². The van der Waals surface area contributed by atoms with Crippen LogP contribution in [0.15, 0.2) is 101 Å². The van der Waals surface area contributed by atoms with Crippen molar-refractivity contribution in [2.75, 3.05) is 5.75 Å². The molecule has 3 aromatic rings. The normalized spacial score (nSPS) is 12.0. The van der Waals surface area contributed by atoms with Crippen molar-refractivity contribution in [2.24, 2.45) is 0 Å². The predicted octanol–water partition coefficient (Wildman–Crippen LogP) is 6.73. The van der Waals surface area contributed by atoms with Gasteiger partial charge in [-0.15, -0.1) is 0 Å². The molecule has 0 aromatic heterocycles. The fourth-order valence-electron chi connectivity index (χ4n) is 2.56. The predicted molar refractivity (Wildman–Crippen MR) is 112 cm³/mol. The molecular formula is C24H29S+. The van der Waals surface area contributed by atoms with E-state index < -0.39 is 0 Å². The molecule has 0 aliphatic heterocycles. The van der Waals surface area contributed by atoms with Crippen LogP contribution in [0.1, 0.15) is 33.3 Å². The van der Waals surface area contributed by atoms with Crippen molar-refractivity contribution < 1.29 is 0 Å². The van der Waals surface area contributed by atoms with Gasteiger partial charge in [0.15, 0.2) is 9.79 Å². The fourth-order valence-corrected chi connectivity index (χ4v) is 4.45. The summed E-state index contributed by atoms with van der Waals surface area (Å²) in [6.07, 6.45) is 0. The molecule has 0 radical (unpaired) electrons. The van der Waals surface area contributed by atoms with Gasteiger partial charge < -0.3 is 0 Å². The summed E-state index contributed by atoms with van der Waals surface area (Å²) in [6.45, 7) is 9.06. The third-order valence-electron chi connectivity index (χ3n) is 3.99. The fraction of sp³-hybridized carbons (Fsp3) is 0.250. The first kappa shape index (κ1) is 19.3. The van der Waals surface area contributed by atoms with Crippen LogP contribution in [0.4, 0.5) is 0 Å². The highest BCUT2D eigenvalue weighted by atomic mass is 32.2. The first-order valence-electron chi connectivity index (χ1n) is 8.89. The van der Waals surface area contributed by atoms with Crippen LogP contribution in [0.5, 0.6) is 0 Å². The summed E-state index contributed by atoms with van der Waals surface area (Å²) in [7, 11) is 0.207. The second-order valence-corrected chi connectivity index (χ2v) is 9.22. The Morgan fingerprint density at radius 3 is 1.40 bits per heavy atom. The summed E-state index contributed by atoms with van der Waals surface area (Å²) < 4.78 is 0. The average molecular weight is 350 g/mol. The minimum absolute atomic E-state index is 0.207. The quantitative estimate of drug-likeness (QED) is 0.460. The Bertz CT molecular complexity index is 683. The lowest BCUT2D eigenvalue weighted by Crippen LogP contribution is -2.12. The van der Waals surface area contributed by atoms with E-state index >= 15 is 0 Å². The smallest absolute Gasteiger partial charge is 0.0623 e. The Labute approximate surface area is 156 Å². The first-order chi connectivity index (χ1) is 12.0. The van der Waals surface area contributed by atoms with Crippen molar-refractivity contribution in [1.82, 2.24) is 0 Å². The molecule has 1 heteroatoms. The SMILES string of the molecule is CC[S+](c1ccccc1)c1ccc(C(C)(C)C)cc1.c1ccccc1. The first-order valence-corrected chi connectivity index (χ1v) is 10.3. The zero-order valence-corrected chi connectivity index (χ0v) is 16.6. The van der Waals surface area contributed by atoms with Crippen LogP contribution >= 0.6 is 0 Å². The van der Waals surface area contributed by atoms with E-state index in [4.69, 9.17) is 0 Å². The third-order valence-corrected chi connectivity index (χ3v) is 6.25. The Balaban J connectivity index is 0.000000316. The molecule has 25 heavy (non-hydrogen) atoms. The summed E-state index contributed by atoms with van der Waals surface area (Å²) in [4.78, 5) is 2.88. The number of hydrogen-bond donors (Lipinski definition) is 0. The molecule has 0 spiro atoms. The molecule has 0 amide bonds. The van der Waals surface area contributed by atoms with Crippen molar-refractivity contribution in [3.05, 3.63) is 96.6 Å². The Kier molecular flexibility index (Phi) is 7.33. The molecule has 130 valence electrons. The van der Waals surface area contributed by atoms with Crippen LogP contribution in [-0.4, -0.2) is 5.75 Å². The lowest BCUT2D eigenvalue weighted by molar-refractivity contribution is 0.589. The standard InChI is InChI=1S/C18H23S.C6H6/c1-5-19(16-9-7-6-8-10-16)17-13-11-15(12-14-17)18(2,3)4;1-2-4-6-5-3-1/h6-14H,5H2,1-4H3;1-6H/q+1;. The van der Waals surface area contributed by atoms with Gasteiger partial charge in [-0.25, -0.2) is 0 Å². The van der Waals surface area contributed by atoms with Gasteiger partial charge in [0.05, 0.1) is 10.9 Å². The molecular weight excluding hydrogens is 320 g/mol. The zero-order chi connectivity index (χ0) is 18.1. The Morgan fingerprint density at radius 1 is 0.600 bits per heavy atom. The van der Waals surface area contributed by atoms with Crippen LogP contribution in [0.2, 0.25) is 0 Å². The summed E-state index contributed by atoms with van der Waals surface area (Å²) in [5.41, 5.74) is 1.64. The summed E-state index contributed by atoms with van der Waals surface area (Å²) in [5.74, 6) is 1.17. The van der Waals surface area contributed by atoms with Crippen molar-refractivity contribution in [3.63, 3.8) is 0 Å². The van der Waals surface area contributed by atoms with Gasteiger partial charge >= 0.3 is 0 Å². The molecule has 0 aliphatic carbocycles. The van der Waals surface area contributed by atoms with Gasteiger partial charge in [-0.1, -0.05) is 87.5 Å². The highest BCUT2D eigenvalue weighted by Gasteiger charge is 2.23. The molecule has 3 aromatic carbocycles. The van der Waals surface area contributed by atoms with Gasteiger partial charge in [-0.3, -0.25) is 0 Å². The van der Waals surface area contributed by atoms with E-state index in [1.165, 1.54) is 21.1 Å². The molecule has 0 fully saturated rings. The number of rotatable bonds is 3. The maximum atomic E-state index is 2.31. The van der Waals surface area contributed by atoms with Gasteiger partial charge in [-0.2, -0.15) is 0 Å². The average Bonchev–Trinajstić information content (AvgIpc) is 2.65. The van der Waals surface area contributed by atoms with Gasteiger partial charge in [-0.05, 0) is 42.2 Å². The molecule has 3 rings (SSSR count). The van der Waals surface area contributed by atoms with E-state index in [9.17, 15) is 0 Å². The molecule has 0 heterocycles. The lowest BCUT2D eigenvalue weighted by atomic mass is 9.87. The second-order valence-electron chi connectivity index (χ2n) is 6.92. The number of benzene rings is 3. The van der Waals surface area contributed by atoms with E-state index in [1.54, 1.807) is 0 Å². The minimum Gasteiger partial charge on any atom is -0.0623 e. The van der Waals surface area contributed by atoms with E-state index in [1.807, 2.05) is 36.4 Å². The van der Waals surface area contributed by atoms with Crippen LogP contribution < -0.4 is 0 Å². The van der Waals surface area contributed by atoms with Crippen LogP contribution in [0, 0.1) is 0 Å². The van der Waals surface area contributed by atoms with Crippen molar-refractivity contribution in [2.45, 2.75) is 42.9 Å². The van der Waals surface area contributed by atoms with E-state index in [2.05, 4.69) is 82.3 Å².